The Hall–Kier alpha value is -3.53. The highest BCUT2D eigenvalue weighted by molar-refractivity contribution is 7.90. The van der Waals surface area contributed by atoms with Crippen LogP contribution in [0.3, 0.4) is 0 Å². The van der Waals surface area contributed by atoms with E-state index in [0.29, 0.717) is 43.1 Å². The Morgan fingerprint density at radius 1 is 0.975 bits per heavy atom. The predicted molar refractivity (Wildman–Crippen MR) is 164 cm³/mol. The smallest absolute Gasteiger partial charge is 0.255 e. The van der Waals surface area contributed by atoms with E-state index in [-0.39, 0.29) is 10.8 Å². The molecular formula is C31H42N4O4S. The molecule has 4 aromatic rings. The molecule has 0 saturated heterocycles. The van der Waals surface area contributed by atoms with Gasteiger partial charge in [-0.3, -0.25) is 4.79 Å². The summed E-state index contributed by atoms with van der Waals surface area (Å²) in [5.74, 6) is -0.311. The highest BCUT2D eigenvalue weighted by Crippen LogP contribution is 2.23. The minimum atomic E-state index is -3.40. The Morgan fingerprint density at radius 2 is 1.70 bits per heavy atom. The van der Waals surface area contributed by atoms with Crippen LogP contribution in [-0.2, 0) is 21.1 Å². The molecule has 0 aliphatic heterocycles. The van der Waals surface area contributed by atoms with Crippen molar-refractivity contribution in [3.8, 4) is 11.3 Å². The number of carbonyl (C=O) groups is 1. The van der Waals surface area contributed by atoms with Gasteiger partial charge in [-0.25, -0.2) is 13.4 Å². The summed E-state index contributed by atoms with van der Waals surface area (Å²) in [6.45, 7) is 12.2. The largest absolute Gasteiger partial charge is 0.380 e. The van der Waals surface area contributed by atoms with E-state index in [4.69, 9.17) is 4.74 Å². The van der Waals surface area contributed by atoms with Crippen LogP contribution >= 0.6 is 0 Å². The highest BCUT2D eigenvalue weighted by atomic mass is 32.2. The number of amides is 1. The second-order valence-corrected chi connectivity index (χ2v) is 10.5. The van der Waals surface area contributed by atoms with Crippen molar-refractivity contribution in [3.63, 3.8) is 0 Å². The fraction of sp³-hybridized carbons (Fsp3) is 0.355. The lowest BCUT2D eigenvalue weighted by atomic mass is 10.1. The molecule has 8 nitrogen and oxygen atoms in total. The number of benzene rings is 2. The topological polar surface area (TPSA) is 102 Å². The Kier molecular flexibility index (Phi) is 13.5. The third-order valence-electron chi connectivity index (χ3n) is 5.64. The maximum absolute atomic E-state index is 13.1. The van der Waals surface area contributed by atoms with E-state index in [1.54, 1.807) is 12.1 Å². The second kappa shape index (κ2) is 16.5. The lowest BCUT2D eigenvalue weighted by molar-refractivity contribution is 0.102. The summed E-state index contributed by atoms with van der Waals surface area (Å²) in [5, 5.41) is 6.14. The molecule has 0 bridgehead atoms. The lowest BCUT2D eigenvalue weighted by Crippen LogP contribution is -2.22. The normalized spacial score (nSPS) is 10.8. The number of anilines is 1. The Bertz CT molecular complexity index is 1410. The average molecular weight is 567 g/mol. The fourth-order valence-electron chi connectivity index (χ4n) is 3.78. The number of sulfone groups is 1. The van der Waals surface area contributed by atoms with E-state index in [9.17, 15) is 13.2 Å². The third-order valence-corrected chi connectivity index (χ3v) is 6.75. The summed E-state index contributed by atoms with van der Waals surface area (Å²) in [7, 11) is -3.40. The summed E-state index contributed by atoms with van der Waals surface area (Å²) in [6.07, 6.45) is 6.00. The molecule has 9 heteroatoms. The van der Waals surface area contributed by atoms with Gasteiger partial charge in [0, 0.05) is 55.2 Å². The second-order valence-electron chi connectivity index (χ2n) is 8.50. The van der Waals surface area contributed by atoms with Gasteiger partial charge in [0.2, 0.25) is 0 Å². The molecule has 2 aromatic heterocycles. The number of ether oxygens (including phenoxy) is 1. The SMILES string of the molecule is CC.CC.CCCOCCNCc1cc(S(C)(=O)=O)ccc1C(=O)Nc1ccc(-c2cn3ccccc3n2)cc1. The van der Waals surface area contributed by atoms with Crippen LogP contribution in [0.15, 0.2) is 78.0 Å². The molecule has 2 aromatic carbocycles. The molecule has 0 saturated carbocycles. The molecule has 0 spiro atoms. The van der Waals surface area contributed by atoms with Crippen molar-refractivity contribution in [2.45, 2.75) is 52.5 Å². The number of carbonyl (C=O) groups excluding carboxylic acids is 1. The van der Waals surface area contributed by atoms with Crippen molar-refractivity contribution in [2.24, 2.45) is 0 Å². The van der Waals surface area contributed by atoms with Gasteiger partial charge in [0.15, 0.2) is 9.84 Å². The zero-order valence-electron chi connectivity index (χ0n) is 24.4. The molecule has 0 aliphatic rings. The van der Waals surface area contributed by atoms with Crippen LogP contribution in [0.1, 0.15) is 57.0 Å². The molecule has 2 N–H and O–H groups in total. The minimum Gasteiger partial charge on any atom is -0.380 e. The van der Waals surface area contributed by atoms with Crippen molar-refractivity contribution >= 4 is 27.1 Å². The molecule has 4 rings (SSSR count). The van der Waals surface area contributed by atoms with Crippen molar-refractivity contribution < 1.29 is 17.9 Å². The van der Waals surface area contributed by atoms with Crippen LogP contribution in [0.2, 0.25) is 0 Å². The van der Waals surface area contributed by atoms with Gasteiger partial charge in [-0.15, -0.1) is 0 Å². The molecule has 2 heterocycles. The number of hydrogen-bond donors (Lipinski definition) is 2. The lowest BCUT2D eigenvalue weighted by Gasteiger charge is -2.13. The van der Waals surface area contributed by atoms with Gasteiger partial charge in [0.25, 0.3) is 5.91 Å². The molecule has 0 aliphatic carbocycles. The highest BCUT2D eigenvalue weighted by Gasteiger charge is 2.16. The molecule has 0 radical (unpaired) electrons. The summed E-state index contributed by atoms with van der Waals surface area (Å²) in [5.41, 5.74) is 4.28. The van der Waals surface area contributed by atoms with Gasteiger partial charge >= 0.3 is 0 Å². The number of hydrogen-bond acceptors (Lipinski definition) is 6. The van der Waals surface area contributed by atoms with Crippen LogP contribution in [0.4, 0.5) is 5.69 Å². The maximum Gasteiger partial charge on any atom is 0.255 e. The molecule has 0 unspecified atom stereocenters. The number of nitrogens with one attached hydrogen (secondary N) is 2. The van der Waals surface area contributed by atoms with Crippen LogP contribution in [-0.4, -0.2) is 49.7 Å². The number of nitrogens with zero attached hydrogens (tertiary/aromatic N) is 2. The predicted octanol–water partition coefficient (Wildman–Crippen LogP) is 6.23. The number of pyridine rings is 1. The molecule has 1 amide bonds. The molecule has 0 atom stereocenters. The average Bonchev–Trinajstić information content (AvgIpc) is 3.41. The van der Waals surface area contributed by atoms with Crippen molar-refractivity contribution in [1.82, 2.24) is 14.7 Å². The monoisotopic (exact) mass is 566 g/mol. The quantitative estimate of drug-likeness (QED) is 0.209. The van der Waals surface area contributed by atoms with Crippen LogP contribution in [0.25, 0.3) is 16.9 Å². The first-order valence-corrected chi connectivity index (χ1v) is 15.7. The molecule has 216 valence electrons. The van der Waals surface area contributed by atoms with E-state index in [1.165, 1.54) is 6.07 Å². The molecular weight excluding hydrogens is 524 g/mol. The summed E-state index contributed by atoms with van der Waals surface area (Å²) in [4.78, 5) is 17.9. The van der Waals surface area contributed by atoms with E-state index in [1.807, 2.05) is 93.9 Å². The number of imidazole rings is 1. The first kappa shape index (κ1) is 32.7. The Morgan fingerprint density at radius 3 is 2.35 bits per heavy atom. The zero-order chi connectivity index (χ0) is 29.5. The summed E-state index contributed by atoms with van der Waals surface area (Å²) in [6, 6.07) is 17.9. The number of fused-ring (bicyclic) bond motifs is 1. The van der Waals surface area contributed by atoms with Crippen LogP contribution in [0, 0.1) is 0 Å². The number of aromatic nitrogens is 2. The van der Waals surface area contributed by atoms with Crippen molar-refractivity contribution in [2.75, 3.05) is 31.3 Å². The number of rotatable bonds is 11. The van der Waals surface area contributed by atoms with Gasteiger partial charge in [-0.2, -0.15) is 0 Å². The van der Waals surface area contributed by atoms with Gasteiger partial charge in [-0.05, 0) is 54.4 Å². The molecule has 40 heavy (non-hydrogen) atoms. The van der Waals surface area contributed by atoms with Gasteiger partial charge in [-0.1, -0.05) is 52.8 Å². The summed E-state index contributed by atoms with van der Waals surface area (Å²) >= 11 is 0. The standard InChI is InChI=1S/C27H30N4O4S.2C2H6/c1-3-15-35-16-13-28-18-21-17-23(36(2,33)34)11-12-24(21)27(32)29-22-9-7-20(8-10-22)25-19-31-14-5-4-6-26(31)30-25;2*1-2/h4-12,14,17,19,28H,3,13,15-16,18H2,1-2H3,(H,29,32);2*1-2H3. The maximum atomic E-state index is 13.1. The van der Waals surface area contributed by atoms with E-state index in [2.05, 4.69) is 15.6 Å². The van der Waals surface area contributed by atoms with E-state index < -0.39 is 9.84 Å². The minimum absolute atomic E-state index is 0.176. The zero-order valence-corrected chi connectivity index (χ0v) is 25.2. The van der Waals surface area contributed by atoms with Crippen LogP contribution < -0.4 is 10.6 Å². The van der Waals surface area contributed by atoms with E-state index >= 15 is 0 Å². The van der Waals surface area contributed by atoms with E-state index in [0.717, 1.165) is 29.6 Å². The molecule has 0 fully saturated rings. The first-order chi connectivity index (χ1) is 19.3. The Labute approximate surface area is 238 Å². The first-order valence-electron chi connectivity index (χ1n) is 13.8. The summed E-state index contributed by atoms with van der Waals surface area (Å²) < 4.78 is 31.6. The van der Waals surface area contributed by atoms with Gasteiger partial charge < -0.3 is 19.8 Å². The van der Waals surface area contributed by atoms with Crippen LogP contribution in [0.5, 0.6) is 0 Å². The Balaban J connectivity index is 0.00000134. The fourth-order valence-corrected chi connectivity index (χ4v) is 4.45. The van der Waals surface area contributed by atoms with Gasteiger partial charge in [0.05, 0.1) is 17.2 Å². The van der Waals surface area contributed by atoms with Gasteiger partial charge in [0.1, 0.15) is 5.65 Å². The van der Waals surface area contributed by atoms with Crippen molar-refractivity contribution in [3.05, 3.63) is 84.2 Å². The van der Waals surface area contributed by atoms with Crippen molar-refractivity contribution in [1.29, 1.82) is 0 Å². The third kappa shape index (κ3) is 9.29.